The number of rotatable bonds is 4. The molecule has 1 N–H and O–H groups in total. The zero-order valence-electron chi connectivity index (χ0n) is 11.6. The molecule has 0 bridgehead atoms. The van der Waals surface area contributed by atoms with E-state index < -0.39 is 28.3 Å². The lowest BCUT2D eigenvalue weighted by molar-refractivity contribution is -0.384. The SMILES string of the molecule is COc1cc(N2C[C@@H](C)[C@H](C(=O)O)C2)c([N+](=O)[O-])cc1F. The van der Waals surface area contributed by atoms with Gasteiger partial charge in [-0.3, -0.25) is 14.9 Å². The van der Waals surface area contributed by atoms with Crippen LogP contribution in [0, 0.1) is 27.8 Å². The molecule has 1 aliphatic heterocycles. The number of halogens is 1. The van der Waals surface area contributed by atoms with Gasteiger partial charge >= 0.3 is 5.97 Å². The summed E-state index contributed by atoms with van der Waals surface area (Å²) < 4.78 is 18.5. The number of nitrogens with zero attached hydrogens (tertiary/aromatic N) is 2. The Bertz CT molecular complexity index is 592. The third-order valence-electron chi connectivity index (χ3n) is 3.72. The first-order chi connectivity index (χ1) is 9.85. The van der Waals surface area contributed by atoms with Crippen LogP contribution in [0.4, 0.5) is 15.8 Å². The molecule has 0 aliphatic carbocycles. The van der Waals surface area contributed by atoms with Crippen molar-refractivity contribution in [1.29, 1.82) is 0 Å². The minimum Gasteiger partial charge on any atom is -0.494 e. The van der Waals surface area contributed by atoms with Crippen molar-refractivity contribution in [3.8, 4) is 5.75 Å². The number of hydrogen-bond acceptors (Lipinski definition) is 5. The summed E-state index contributed by atoms with van der Waals surface area (Å²) in [5.74, 6) is -2.64. The van der Waals surface area contributed by atoms with Gasteiger partial charge in [-0.15, -0.1) is 0 Å². The number of carboxylic acid groups (broad SMARTS) is 1. The summed E-state index contributed by atoms with van der Waals surface area (Å²) >= 11 is 0. The molecule has 2 atom stereocenters. The van der Waals surface area contributed by atoms with Crippen LogP contribution in [0.2, 0.25) is 0 Å². The molecule has 0 radical (unpaired) electrons. The van der Waals surface area contributed by atoms with Crippen LogP contribution in [0.1, 0.15) is 6.92 Å². The number of nitro groups is 1. The summed E-state index contributed by atoms with van der Waals surface area (Å²) in [6.07, 6.45) is 0. The average Bonchev–Trinajstić information content (AvgIpc) is 2.80. The van der Waals surface area contributed by atoms with Crippen molar-refractivity contribution in [2.24, 2.45) is 11.8 Å². The fourth-order valence-electron chi connectivity index (χ4n) is 2.57. The van der Waals surface area contributed by atoms with E-state index in [1.54, 1.807) is 11.8 Å². The minimum atomic E-state index is -0.943. The van der Waals surface area contributed by atoms with Gasteiger partial charge in [0.15, 0.2) is 11.6 Å². The fourth-order valence-corrected chi connectivity index (χ4v) is 2.57. The van der Waals surface area contributed by atoms with Crippen molar-refractivity contribution in [3.05, 3.63) is 28.1 Å². The molecule has 114 valence electrons. The second kappa shape index (κ2) is 5.55. The van der Waals surface area contributed by atoms with Crippen molar-refractivity contribution in [2.75, 3.05) is 25.1 Å². The Morgan fingerprint density at radius 2 is 2.19 bits per heavy atom. The molecule has 1 heterocycles. The van der Waals surface area contributed by atoms with Crippen LogP contribution >= 0.6 is 0 Å². The highest BCUT2D eigenvalue weighted by atomic mass is 19.1. The van der Waals surface area contributed by atoms with E-state index in [-0.39, 0.29) is 23.9 Å². The van der Waals surface area contributed by atoms with E-state index >= 15 is 0 Å². The average molecular weight is 298 g/mol. The van der Waals surface area contributed by atoms with E-state index in [0.717, 1.165) is 6.07 Å². The van der Waals surface area contributed by atoms with E-state index in [2.05, 4.69) is 0 Å². The second-order valence-corrected chi connectivity index (χ2v) is 5.06. The maximum Gasteiger partial charge on any atom is 0.308 e. The number of aliphatic carboxylic acids is 1. The van der Waals surface area contributed by atoms with Gasteiger partial charge in [0.05, 0.1) is 24.0 Å². The molecule has 1 aromatic rings. The largest absolute Gasteiger partial charge is 0.494 e. The molecule has 0 aromatic heterocycles. The van der Waals surface area contributed by atoms with E-state index in [4.69, 9.17) is 9.84 Å². The number of carbonyl (C=O) groups is 1. The van der Waals surface area contributed by atoms with Gasteiger partial charge < -0.3 is 14.7 Å². The molecule has 0 saturated carbocycles. The quantitative estimate of drug-likeness (QED) is 0.674. The summed E-state index contributed by atoms with van der Waals surface area (Å²) in [7, 11) is 1.26. The van der Waals surface area contributed by atoms with Crippen LogP contribution in [0.3, 0.4) is 0 Å². The van der Waals surface area contributed by atoms with Crippen LogP contribution in [-0.2, 0) is 4.79 Å². The molecule has 0 unspecified atom stereocenters. The first-order valence-electron chi connectivity index (χ1n) is 6.34. The first kappa shape index (κ1) is 15.0. The third-order valence-corrected chi connectivity index (χ3v) is 3.72. The van der Waals surface area contributed by atoms with Crippen molar-refractivity contribution in [3.63, 3.8) is 0 Å². The Morgan fingerprint density at radius 1 is 1.52 bits per heavy atom. The third kappa shape index (κ3) is 2.74. The summed E-state index contributed by atoms with van der Waals surface area (Å²) in [4.78, 5) is 23.1. The molecule has 1 aliphatic rings. The van der Waals surface area contributed by atoms with Crippen LogP contribution in [0.5, 0.6) is 5.75 Å². The van der Waals surface area contributed by atoms with E-state index in [9.17, 15) is 19.3 Å². The number of nitro benzene ring substituents is 1. The molecule has 0 amide bonds. The fraction of sp³-hybridized carbons (Fsp3) is 0.462. The van der Waals surface area contributed by atoms with Gasteiger partial charge in [0.2, 0.25) is 0 Å². The van der Waals surface area contributed by atoms with Gasteiger partial charge in [-0.25, -0.2) is 4.39 Å². The standard InChI is InChI=1S/C13H15FN2O5/c1-7-5-15(6-8(7)13(17)18)10-4-12(21-2)9(14)3-11(10)16(19)20/h3-4,7-8H,5-6H2,1-2H3,(H,17,18)/t7-,8-/m1/s1. The molecule has 1 saturated heterocycles. The minimum absolute atomic E-state index is 0.109. The monoisotopic (exact) mass is 298 g/mol. The van der Waals surface area contributed by atoms with E-state index in [1.807, 2.05) is 0 Å². The lowest BCUT2D eigenvalue weighted by Gasteiger charge is -2.19. The van der Waals surface area contributed by atoms with Gasteiger partial charge in [0.1, 0.15) is 5.69 Å². The molecule has 1 aromatic carbocycles. The summed E-state index contributed by atoms with van der Waals surface area (Å²) in [6.45, 7) is 2.27. The molecule has 21 heavy (non-hydrogen) atoms. The highest BCUT2D eigenvalue weighted by molar-refractivity contribution is 5.74. The normalized spacial score (nSPS) is 21.4. The molecular formula is C13H15FN2O5. The van der Waals surface area contributed by atoms with Crippen LogP contribution < -0.4 is 9.64 Å². The van der Waals surface area contributed by atoms with Gasteiger partial charge in [-0.1, -0.05) is 6.92 Å². The first-order valence-corrected chi connectivity index (χ1v) is 6.34. The van der Waals surface area contributed by atoms with Crippen LogP contribution in [-0.4, -0.2) is 36.2 Å². The highest BCUT2D eigenvalue weighted by Crippen LogP contribution is 2.38. The lowest BCUT2D eigenvalue weighted by Crippen LogP contribution is -2.23. The van der Waals surface area contributed by atoms with E-state index in [1.165, 1.54) is 13.2 Å². The van der Waals surface area contributed by atoms with Gasteiger partial charge in [-0.05, 0) is 5.92 Å². The second-order valence-electron chi connectivity index (χ2n) is 5.06. The zero-order valence-corrected chi connectivity index (χ0v) is 11.6. The molecule has 8 heteroatoms. The lowest BCUT2D eigenvalue weighted by atomic mass is 9.99. The predicted octanol–water partition coefficient (Wildman–Crippen LogP) is 1.90. The Hall–Kier alpha value is -2.38. The number of anilines is 1. The number of methoxy groups -OCH3 is 1. The summed E-state index contributed by atoms with van der Waals surface area (Å²) in [5, 5.41) is 20.2. The molecule has 2 rings (SSSR count). The Labute approximate surface area is 120 Å². The summed E-state index contributed by atoms with van der Waals surface area (Å²) in [6, 6.07) is 2.04. The van der Waals surface area contributed by atoms with Crippen molar-refractivity contribution >= 4 is 17.3 Å². The number of hydrogen-bond donors (Lipinski definition) is 1. The van der Waals surface area contributed by atoms with E-state index in [0.29, 0.717) is 6.54 Å². The van der Waals surface area contributed by atoms with Gasteiger partial charge in [-0.2, -0.15) is 0 Å². The van der Waals surface area contributed by atoms with Gasteiger partial charge in [0, 0.05) is 19.2 Å². The van der Waals surface area contributed by atoms with Crippen molar-refractivity contribution in [2.45, 2.75) is 6.92 Å². The number of benzene rings is 1. The molecule has 1 fully saturated rings. The molecular weight excluding hydrogens is 283 g/mol. The van der Waals surface area contributed by atoms with Gasteiger partial charge in [0.25, 0.3) is 5.69 Å². The predicted molar refractivity (Wildman–Crippen MR) is 72.1 cm³/mol. The Balaban J connectivity index is 2.43. The smallest absolute Gasteiger partial charge is 0.308 e. The van der Waals surface area contributed by atoms with Crippen molar-refractivity contribution in [1.82, 2.24) is 0 Å². The highest BCUT2D eigenvalue weighted by Gasteiger charge is 2.37. The topological polar surface area (TPSA) is 92.9 Å². The maximum absolute atomic E-state index is 13.6. The summed E-state index contributed by atoms with van der Waals surface area (Å²) in [5.41, 5.74) is -0.222. The Morgan fingerprint density at radius 3 is 2.67 bits per heavy atom. The van der Waals surface area contributed by atoms with Crippen LogP contribution in [0.15, 0.2) is 12.1 Å². The maximum atomic E-state index is 13.6. The van der Waals surface area contributed by atoms with Crippen LogP contribution in [0.25, 0.3) is 0 Å². The Kier molecular flexibility index (Phi) is 3.97. The number of carboxylic acids is 1. The molecule has 7 nitrogen and oxygen atoms in total. The van der Waals surface area contributed by atoms with Crippen molar-refractivity contribution < 1.29 is 24.0 Å². The number of ether oxygens (including phenoxy) is 1. The zero-order chi connectivity index (χ0) is 15.7. The molecule has 0 spiro atoms.